The first-order valence-corrected chi connectivity index (χ1v) is 7.25. The Kier molecular flexibility index (Phi) is 4.21. The van der Waals surface area contributed by atoms with Gasteiger partial charge in [0.05, 0.1) is 0 Å². The second-order valence-electron chi connectivity index (χ2n) is 6.44. The number of amides is 3. The Morgan fingerprint density at radius 1 is 1.24 bits per heavy atom. The number of anilines is 1. The van der Waals surface area contributed by atoms with Gasteiger partial charge in [0.1, 0.15) is 6.04 Å². The van der Waals surface area contributed by atoms with E-state index in [1.807, 2.05) is 50.8 Å². The summed E-state index contributed by atoms with van der Waals surface area (Å²) in [5, 5.41) is 5.14. The lowest BCUT2D eigenvalue weighted by Crippen LogP contribution is -2.53. The van der Waals surface area contributed by atoms with Crippen LogP contribution in [0.1, 0.15) is 33.3 Å². The molecule has 0 radical (unpaired) electrons. The molecule has 2 N–H and O–H groups in total. The average molecular weight is 289 g/mol. The number of fused-ring (bicyclic) bond motifs is 1. The Morgan fingerprint density at radius 3 is 2.57 bits per heavy atom. The molecule has 0 spiro atoms. The molecule has 1 atom stereocenters. The van der Waals surface area contributed by atoms with Gasteiger partial charge in [-0.25, -0.2) is 4.79 Å². The quantitative estimate of drug-likeness (QED) is 0.876. The number of nitrogens with zero attached hydrogens (tertiary/aromatic N) is 1. The first kappa shape index (κ1) is 15.4. The summed E-state index contributed by atoms with van der Waals surface area (Å²) in [4.78, 5) is 26.0. The molecule has 1 aliphatic rings. The monoisotopic (exact) mass is 289 g/mol. The molecule has 1 aromatic rings. The van der Waals surface area contributed by atoms with Gasteiger partial charge in [-0.15, -0.1) is 0 Å². The highest BCUT2D eigenvalue weighted by atomic mass is 16.2. The summed E-state index contributed by atoms with van der Waals surface area (Å²) in [7, 11) is 0. The van der Waals surface area contributed by atoms with Gasteiger partial charge in [0, 0.05) is 17.8 Å². The summed E-state index contributed by atoms with van der Waals surface area (Å²) in [6.07, 6.45) is 0.933. The molecule has 0 aliphatic carbocycles. The van der Waals surface area contributed by atoms with Gasteiger partial charge in [-0.05, 0) is 45.7 Å². The van der Waals surface area contributed by atoms with Crippen molar-refractivity contribution in [1.82, 2.24) is 10.6 Å². The highest BCUT2D eigenvalue weighted by molar-refractivity contribution is 5.98. The van der Waals surface area contributed by atoms with Gasteiger partial charge in [-0.3, -0.25) is 10.1 Å². The molecule has 3 amide bonds. The normalized spacial score (nSPS) is 15.3. The van der Waals surface area contributed by atoms with E-state index >= 15 is 0 Å². The number of carbonyl (C=O) groups excluding carboxylic acids is 2. The number of hydrogen-bond donors (Lipinski definition) is 2. The fourth-order valence-corrected chi connectivity index (χ4v) is 2.50. The minimum absolute atomic E-state index is 0.284. The number of para-hydroxylation sites is 1. The topological polar surface area (TPSA) is 61.4 Å². The highest BCUT2D eigenvalue weighted by Crippen LogP contribution is 2.29. The third kappa shape index (κ3) is 3.74. The van der Waals surface area contributed by atoms with Gasteiger partial charge in [-0.1, -0.05) is 18.2 Å². The Bertz CT molecular complexity index is 549. The molecule has 0 saturated carbocycles. The maximum absolute atomic E-state index is 12.2. The molecule has 1 aliphatic heterocycles. The lowest BCUT2D eigenvalue weighted by molar-refractivity contribution is -0.121. The maximum atomic E-state index is 12.2. The standard InChI is InChI=1S/C16H23N3O2/c1-11(14(20)17-15(21)18-16(2,3)4)19-10-9-12-7-5-6-8-13(12)19/h5-8,11H,9-10H2,1-4H3,(H2,17,18,20,21). The predicted molar refractivity (Wildman–Crippen MR) is 83.4 cm³/mol. The van der Waals surface area contributed by atoms with Crippen molar-refractivity contribution in [3.05, 3.63) is 29.8 Å². The van der Waals surface area contributed by atoms with Gasteiger partial charge in [-0.2, -0.15) is 0 Å². The van der Waals surface area contributed by atoms with Gasteiger partial charge < -0.3 is 10.2 Å². The summed E-state index contributed by atoms with van der Waals surface area (Å²) in [5.41, 5.74) is 1.96. The third-order valence-electron chi connectivity index (χ3n) is 3.50. The Morgan fingerprint density at radius 2 is 1.90 bits per heavy atom. The van der Waals surface area contributed by atoms with Crippen molar-refractivity contribution in [2.75, 3.05) is 11.4 Å². The fourth-order valence-electron chi connectivity index (χ4n) is 2.50. The number of carbonyl (C=O) groups is 2. The SMILES string of the molecule is CC(C(=O)NC(=O)NC(C)(C)C)N1CCc2ccccc21. The molecule has 0 saturated heterocycles. The van der Waals surface area contributed by atoms with E-state index in [0.717, 1.165) is 18.7 Å². The van der Waals surface area contributed by atoms with Crippen molar-refractivity contribution in [2.24, 2.45) is 0 Å². The van der Waals surface area contributed by atoms with Crippen molar-refractivity contribution < 1.29 is 9.59 Å². The first-order valence-electron chi connectivity index (χ1n) is 7.25. The van der Waals surface area contributed by atoms with E-state index in [0.29, 0.717) is 0 Å². The van der Waals surface area contributed by atoms with Crippen LogP contribution in [-0.4, -0.2) is 30.1 Å². The van der Waals surface area contributed by atoms with Crippen molar-refractivity contribution >= 4 is 17.6 Å². The molecule has 21 heavy (non-hydrogen) atoms. The van der Waals surface area contributed by atoms with E-state index in [1.165, 1.54) is 5.56 Å². The number of imide groups is 1. The molecule has 5 heteroatoms. The zero-order chi connectivity index (χ0) is 15.6. The van der Waals surface area contributed by atoms with E-state index < -0.39 is 6.03 Å². The van der Waals surface area contributed by atoms with Gasteiger partial charge in [0.15, 0.2) is 0 Å². The third-order valence-corrected chi connectivity index (χ3v) is 3.50. The van der Waals surface area contributed by atoms with Gasteiger partial charge >= 0.3 is 6.03 Å². The molecule has 0 aromatic heterocycles. The molecule has 1 heterocycles. The molecular formula is C16H23N3O2. The van der Waals surface area contributed by atoms with Crippen LogP contribution >= 0.6 is 0 Å². The lowest BCUT2D eigenvalue weighted by atomic mass is 10.1. The van der Waals surface area contributed by atoms with Crippen molar-refractivity contribution in [3.8, 4) is 0 Å². The zero-order valence-electron chi connectivity index (χ0n) is 13.1. The smallest absolute Gasteiger partial charge is 0.321 e. The van der Waals surface area contributed by atoms with Crippen LogP contribution in [0.25, 0.3) is 0 Å². The number of urea groups is 1. The lowest BCUT2D eigenvalue weighted by Gasteiger charge is -2.27. The predicted octanol–water partition coefficient (Wildman–Crippen LogP) is 2.06. The van der Waals surface area contributed by atoms with Crippen LogP contribution in [-0.2, 0) is 11.2 Å². The van der Waals surface area contributed by atoms with E-state index in [1.54, 1.807) is 0 Å². The van der Waals surface area contributed by atoms with E-state index in [9.17, 15) is 9.59 Å². The van der Waals surface area contributed by atoms with Crippen molar-refractivity contribution in [3.63, 3.8) is 0 Å². The second-order valence-corrected chi connectivity index (χ2v) is 6.44. The first-order chi connectivity index (χ1) is 9.78. The number of rotatable bonds is 2. The summed E-state index contributed by atoms with van der Waals surface area (Å²) in [5.74, 6) is -0.284. The molecular weight excluding hydrogens is 266 g/mol. The highest BCUT2D eigenvalue weighted by Gasteiger charge is 2.28. The Balaban J connectivity index is 1.99. The largest absolute Gasteiger partial charge is 0.359 e. The summed E-state index contributed by atoms with van der Waals surface area (Å²) < 4.78 is 0. The van der Waals surface area contributed by atoms with Crippen molar-refractivity contribution in [2.45, 2.75) is 45.7 Å². The minimum Gasteiger partial charge on any atom is -0.359 e. The van der Waals surface area contributed by atoms with Gasteiger partial charge in [0.2, 0.25) is 5.91 Å². The van der Waals surface area contributed by atoms with Crippen LogP contribution in [0.15, 0.2) is 24.3 Å². The van der Waals surface area contributed by atoms with Crippen LogP contribution < -0.4 is 15.5 Å². The Hall–Kier alpha value is -2.04. The Labute approximate surface area is 125 Å². The number of hydrogen-bond acceptors (Lipinski definition) is 3. The average Bonchev–Trinajstić information content (AvgIpc) is 2.79. The second kappa shape index (κ2) is 5.76. The van der Waals surface area contributed by atoms with Crippen molar-refractivity contribution in [1.29, 1.82) is 0 Å². The zero-order valence-corrected chi connectivity index (χ0v) is 13.1. The van der Waals surface area contributed by atoms with Gasteiger partial charge in [0.25, 0.3) is 0 Å². The molecule has 2 rings (SSSR count). The molecule has 1 aromatic carbocycles. The molecule has 1 unspecified atom stereocenters. The van der Waals surface area contributed by atoms with E-state index in [-0.39, 0.29) is 17.5 Å². The van der Waals surface area contributed by atoms with Crippen LogP contribution in [0.2, 0.25) is 0 Å². The maximum Gasteiger partial charge on any atom is 0.321 e. The molecule has 0 bridgehead atoms. The number of nitrogens with one attached hydrogen (secondary N) is 2. The molecule has 0 fully saturated rings. The fraction of sp³-hybridized carbons (Fsp3) is 0.500. The van der Waals surface area contributed by atoms with Crippen LogP contribution in [0.3, 0.4) is 0 Å². The van der Waals surface area contributed by atoms with E-state index in [4.69, 9.17) is 0 Å². The number of benzene rings is 1. The summed E-state index contributed by atoms with van der Waals surface area (Å²) in [6, 6.07) is 7.23. The van der Waals surface area contributed by atoms with Crippen LogP contribution in [0.4, 0.5) is 10.5 Å². The summed E-state index contributed by atoms with van der Waals surface area (Å²) in [6.45, 7) is 8.24. The molecule has 5 nitrogen and oxygen atoms in total. The minimum atomic E-state index is -0.452. The van der Waals surface area contributed by atoms with Crippen LogP contribution in [0, 0.1) is 0 Å². The van der Waals surface area contributed by atoms with E-state index in [2.05, 4.69) is 16.7 Å². The molecule has 114 valence electrons. The summed E-state index contributed by atoms with van der Waals surface area (Å²) >= 11 is 0. The van der Waals surface area contributed by atoms with Crippen LogP contribution in [0.5, 0.6) is 0 Å².